The van der Waals surface area contributed by atoms with Crippen LogP contribution in [0.2, 0.25) is 0 Å². The van der Waals surface area contributed by atoms with E-state index in [4.69, 9.17) is 10.7 Å². The molecule has 6 nitrogen and oxygen atoms in total. The average molecular weight is 311 g/mol. The molecule has 0 saturated carbocycles. The lowest BCUT2D eigenvalue weighted by Gasteiger charge is -2.22. The molecular weight excluding hydrogens is 290 g/mol. The quantitative estimate of drug-likeness (QED) is 0.884. The van der Waals surface area contributed by atoms with Crippen molar-refractivity contribution in [3.63, 3.8) is 0 Å². The van der Waals surface area contributed by atoms with Crippen molar-refractivity contribution in [3.05, 3.63) is 47.8 Å². The number of hydrogen-bond acceptors (Lipinski definition) is 5. The number of carbonyl (C=O) groups excluding carboxylic acids is 1. The Morgan fingerprint density at radius 3 is 3.04 bits per heavy atom. The second-order valence-corrected chi connectivity index (χ2v) is 5.84. The number of rotatable bonds is 5. The van der Waals surface area contributed by atoms with Gasteiger partial charge in [-0.1, -0.05) is 12.1 Å². The van der Waals surface area contributed by atoms with Crippen LogP contribution in [-0.4, -0.2) is 33.9 Å². The fourth-order valence-corrected chi connectivity index (χ4v) is 3.00. The summed E-state index contributed by atoms with van der Waals surface area (Å²) in [4.78, 5) is 22.4. The first-order valence-corrected chi connectivity index (χ1v) is 7.81. The summed E-state index contributed by atoms with van der Waals surface area (Å²) in [6, 6.07) is 9.96. The molecule has 1 saturated heterocycles. The van der Waals surface area contributed by atoms with E-state index in [1.807, 2.05) is 37.3 Å². The van der Waals surface area contributed by atoms with Gasteiger partial charge in [0.15, 0.2) is 0 Å². The third-order valence-electron chi connectivity index (χ3n) is 4.09. The first kappa shape index (κ1) is 15.4. The maximum absolute atomic E-state index is 11.2. The van der Waals surface area contributed by atoms with Crippen molar-refractivity contribution < 1.29 is 4.79 Å². The second kappa shape index (κ2) is 6.75. The van der Waals surface area contributed by atoms with Gasteiger partial charge in [0.1, 0.15) is 11.6 Å². The largest absolute Gasteiger partial charge is 0.369 e. The molecule has 3 N–H and O–H groups in total. The van der Waals surface area contributed by atoms with Crippen molar-refractivity contribution >= 4 is 17.5 Å². The van der Waals surface area contributed by atoms with Crippen molar-refractivity contribution in [3.8, 4) is 0 Å². The number of primary amides is 1. The van der Waals surface area contributed by atoms with E-state index in [0.717, 1.165) is 42.3 Å². The highest BCUT2D eigenvalue weighted by Crippen LogP contribution is 2.31. The highest BCUT2D eigenvalue weighted by atomic mass is 16.1. The van der Waals surface area contributed by atoms with Gasteiger partial charge in [0.05, 0.1) is 18.3 Å². The molecule has 1 atom stereocenters. The van der Waals surface area contributed by atoms with Crippen LogP contribution in [0.5, 0.6) is 0 Å². The lowest BCUT2D eigenvalue weighted by Crippen LogP contribution is -2.33. The number of amides is 1. The third-order valence-corrected chi connectivity index (χ3v) is 4.09. The smallest absolute Gasteiger partial charge is 0.231 e. The van der Waals surface area contributed by atoms with Crippen molar-refractivity contribution in [1.29, 1.82) is 0 Å². The molecule has 0 bridgehead atoms. The Labute approximate surface area is 135 Å². The van der Waals surface area contributed by atoms with Crippen molar-refractivity contribution in [2.75, 3.05) is 18.4 Å². The first-order valence-electron chi connectivity index (χ1n) is 7.81. The number of nitrogens with two attached hydrogens (primary N) is 1. The number of carbonyl (C=O) groups is 1. The van der Waals surface area contributed by atoms with Gasteiger partial charge >= 0.3 is 0 Å². The van der Waals surface area contributed by atoms with Gasteiger partial charge in [-0.2, -0.15) is 0 Å². The van der Waals surface area contributed by atoms with Gasteiger partial charge in [0.2, 0.25) is 5.91 Å². The molecule has 6 heteroatoms. The highest BCUT2D eigenvalue weighted by Gasteiger charge is 2.28. The summed E-state index contributed by atoms with van der Waals surface area (Å²) in [6.45, 7) is 3.17. The normalized spacial score (nSPS) is 18.0. The molecule has 0 aromatic carbocycles. The zero-order valence-electron chi connectivity index (χ0n) is 13.2. The van der Waals surface area contributed by atoms with Crippen LogP contribution in [0, 0.1) is 6.92 Å². The number of aryl methyl sites for hydroxylation is 1. The summed E-state index contributed by atoms with van der Waals surface area (Å²) in [5.41, 5.74) is 7.37. The number of nitrogens with one attached hydrogen (secondary N) is 1. The number of pyridine rings is 2. The predicted molar refractivity (Wildman–Crippen MR) is 89.2 cm³/mol. The van der Waals surface area contributed by atoms with E-state index in [9.17, 15) is 4.79 Å². The van der Waals surface area contributed by atoms with Crippen LogP contribution in [-0.2, 0) is 4.79 Å². The minimum absolute atomic E-state index is 0.147. The molecule has 2 aromatic rings. The second-order valence-electron chi connectivity index (χ2n) is 5.84. The Bertz CT molecular complexity index is 703. The average Bonchev–Trinajstić information content (AvgIpc) is 2.97. The zero-order valence-corrected chi connectivity index (χ0v) is 13.2. The summed E-state index contributed by atoms with van der Waals surface area (Å²) in [5, 5.41) is 3.26. The van der Waals surface area contributed by atoms with Gasteiger partial charge < -0.3 is 11.1 Å². The fraction of sp³-hybridized carbons (Fsp3) is 0.353. The maximum Gasteiger partial charge on any atom is 0.231 e. The predicted octanol–water partition coefficient (Wildman–Crippen LogP) is 2.15. The molecule has 0 unspecified atom stereocenters. The zero-order chi connectivity index (χ0) is 16.2. The van der Waals surface area contributed by atoms with E-state index in [1.165, 1.54) is 0 Å². The van der Waals surface area contributed by atoms with Crippen LogP contribution in [0.4, 0.5) is 11.6 Å². The standard InChI is InChI=1S/C17H21N5O/c1-12-5-3-9-19-17(12)21-16-8-2-6-13(20-16)14-7-4-10-22(14)11-15(18)23/h2-3,5-6,8-9,14H,4,7,10-11H2,1H3,(H2,18,23)(H,19,20,21)/t14-/m1/s1. The number of nitrogens with zero attached hydrogens (tertiary/aromatic N) is 3. The molecule has 2 aromatic heterocycles. The molecule has 3 heterocycles. The topological polar surface area (TPSA) is 84.1 Å². The summed E-state index contributed by atoms with van der Waals surface area (Å²) in [7, 11) is 0. The van der Waals surface area contributed by atoms with E-state index in [1.54, 1.807) is 6.20 Å². The van der Waals surface area contributed by atoms with Gasteiger partial charge in [-0.05, 0) is 50.1 Å². The van der Waals surface area contributed by atoms with Crippen LogP contribution in [0.3, 0.4) is 0 Å². The lowest BCUT2D eigenvalue weighted by molar-refractivity contribution is -0.119. The molecule has 0 radical (unpaired) electrons. The minimum atomic E-state index is -0.296. The van der Waals surface area contributed by atoms with Gasteiger partial charge in [0.25, 0.3) is 0 Å². The van der Waals surface area contributed by atoms with Crippen LogP contribution >= 0.6 is 0 Å². The van der Waals surface area contributed by atoms with E-state index in [2.05, 4.69) is 15.2 Å². The van der Waals surface area contributed by atoms with E-state index in [0.29, 0.717) is 0 Å². The van der Waals surface area contributed by atoms with Crippen molar-refractivity contribution in [2.45, 2.75) is 25.8 Å². The Hall–Kier alpha value is -2.47. The Morgan fingerprint density at radius 1 is 1.39 bits per heavy atom. The molecule has 0 aliphatic carbocycles. The third kappa shape index (κ3) is 3.65. The first-order chi connectivity index (χ1) is 11.1. The van der Waals surface area contributed by atoms with E-state index < -0.39 is 0 Å². The van der Waals surface area contributed by atoms with Crippen molar-refractivity contribution in [2.24, 2.45) is 5.73 Å². The molecule has 1 fully saturated rings. The Kier molecular flexibility index (Phi) is 4.52. The number of likely N-dealkylation sites (tertiary alicyclic amines) is 1. The number of hydrogen-bond donors (Lipinski definition) is 2. The number of anilines is 2. The van der Waals surface area contributed by atoms with Gasteiger partial charge in [-0.25, -0.2) is 9.97 Å². The summed E-state index contributed by atoms with van der Waals surface area (Å²) >= 11 is 0. The monoisotopic (exact) mass is 311 g/mol. The van der Waals surface area contributed by atoms with Crippen LogP contribution in [0.15, 0.2) is 36.5 Å². The molecule has 1 amide bonds. The molecular formula is C17H21N5O. The van der Waals surface area contributed by atoms with Crippen LogP contribution in [0.1, 0.15) is 30.1 Å². The number of aromatic nitrogens is 2. The highest BCUT2D eigenvalue weighted by molar-refractivity contribution is 5.76. The van der Waals surface area contributed by atoms with Crippen LogP contribution in [0.25, 0.3) is 0 Å². The molecule has 0 spiro atoms. The van der Waals surface area contributed by atoms with Crippen LogP contribution < -0.4 is 11.1 Å². The minimum Gasteiger partial charge on any atom is -0.369 e. The maximum atomic E-state index is 11.2. The van der Waals surface area contributed by atoms with Gasteiger partial charge in [-0.15, -0.1) is 0 Å². The Balaban J connectivity index is 1.80. The summed E-state index contributed by atoms with van der Waals surface area (Å²) in [6.07, 6.45) is 3.80. The fourth-order valence-electron chi connectivity index (χ4n) is 3.00. The lowest BCUT2D eigenvalue weighted by atomic mass is 10.1. The SMILES string of the molecule is Cc1cccnc1Nc1cccc([C@H]2CCCN2CC(N)=O)n1. The molecule has 1 aliphatic rings. The summed E-state index contributed by atoms with van der Waals surface area (Å²) in [5.74, 6) is 1.27. The van der Waals surface area contributed by atoms with Crippen molar-refractivity contribution in [1.82, 2.24) is 14.9 Å². The van der Waals surface area contributed by atoms with Gasteiger partial charge in [0, 0.05) is 6.20 Å². The molecule has 3 rings (SSSR count). The molecule has 23 heavy (non-hydrogen) atoms. The summed E-state index contributed by atoms with van der Waals surface area (Å²) < 4.78 is 0. The van der Waals surface area contributed by atoms with E-state index >= 15 is 0 Å². The molecule has 120 valence electrons. The van der Waals surface area contributed by atoms with E-state index in [-0.39, 0.29) is 18.5 Å². The molecule has 1 aliphatic heterocycles. The van der Waals surface area contributed by atoms with Gasteiger partial charge in [-0.3, -0.25) is 9.69 Å². The Morgan fingerprint density at radius 2 is 2.26 bits per heavy atom.